The van der Waals surface area contributed by atoms with Gasteiger partial charge >= 0.3 is 5.97 Å². The first-order chi connectivity index (χ1) is 7.81. The summed E-state index contributed by atoms with van der Waals surface area (Å²) >= 11 is 5.48. The minimum Gasteiger partial charge on any atom is -0.519 e. The third-order valence-electron chi connectivity index (χ3n) is 2.00. The standard InChI is InChI=1S/C12H15ClO3Si/c1-17(2,3)16-12(15)10(11(13)14)9-7-5-4-6-8-9/h4-8,10H,1-3H3. The van der Waals surface area contributed by atoms with Crippen molar-refractivity contribution in [3.8, 4) is 0 Å². The lowest BCUT2D eigenvalue weighted by Gasteiger charge is -2.21. The Morgan fingerprint density at radius 1 is 1.18 bits per heavy atom. The van der Waals surface area contributed by atoms with E-state index < -0.39 is 25.4 Å². The predicted molar refractivity (Wildman–Crippen MR) is 69.5 cm³/mol. The van der Waals surface area contributed by atoms with Crippen molar-refractivity contribution in [3.63, 3.8) is 0 Å². The van der Waals surface area contributed by atoms with E-state index in [1.54, 1.807) is 24.3 Å². The molecule has 0 aliphatic heterocycles. The summed E-state index contributed by atoms with van der Waals surface area (Å²) in [6.45, 7) is 5.64. The van der Waals surface area contributed by atoms with Gasteiger partial charge in [-0.3, -0.25) is 9.59 Å². The van der Waals surface area contributed by atoms with Gasteiger partial charge in [-0.1, -0.05) is 30.3 Å². The maximum absolute atomic E-state index is 11.9. The molecule has 0 fully saturated rings. The van der Waals surface area contributed by atoms with Crippen LogP contribution in [-0.4, -0.2) is 19.5 Å². The molecule has 0 saturated carbocycles. The number of carbonyl (C=O) groups is 2. The molecule has 5 heteroatoms. The van der Waals surface area contributed by atoms with Crippen molar-refractivity contribution in [2.75, 3.05) is 0 Å². The zero-order valence-electron chi connectivity index (χ0n) is 10.1. The average molecular weight is 271 g/mol. The number of hydrogen-bond acceptors (Lipinski definition) is 3. The summed E-state index contributed by atoms with van der Waals surface area (Å²) in [5.41, 5.74) is 0.566. The largest absolute Gasteiger partial charge is 0.519 e. The highest BCUT2D eigenvalue weighted by Gasteiger charge is 2.32. The summed E-state index contributed by atoms with van der Waals surface area (Å²) in [4.78, 5) is 23.3. The van der Waals surface area contributed by atoms with Gasteiger partial charge in [-0.15, -0.1) is 0 Å². The Labute approximate surface area is 107 Å². The van der Waals surface area contributed by atoms with Gasteiger partial charge in [0.05, 0.1) is 0 Å². The second kappa shape index (κ2) is 5.47. The van der Waals surface area contributed by atoms with Crippen LogP contribution in [0.15, 0.2) is 30.3 Å². The molecule has 0 heterocycles. The van der Waals surface area contributed by atoms with Crippen LogP contribution in [0.3, 0.4) is 0 Å². The van der Waals surface area contributed by atoms with Crippen LogP contribution < -0.4 is 0 Å². The van der Waals surface area contributed by atoms with Crippen molar-refractivity contribution in [2.45, 2.75) is 25.6 Å². The Bertz CT molecular complexity index is 412. The molecule has 1 aromatic rings. The Kier molecular flexibility index (Phi) is 4.48. The Morgan fingerprint density at radius 2 is 1.71 bits per heavy atom. The van der Waals surface area contributed by atoms with Gasteiger partial charge in [0.1, 0.15) is 0 Å². The van der Waals surface area contributed by atoms with Gasteiger partial charge in [-0.05, 0) is 36.8 Å². The van der Waals surface area contributed by atoms with Crippen LogP contribution in [0.5, 0.6) is 0 Å². The van der Waals surface area contributed by atoms with Gasteiger partial charge in [0.25, 0.3) is 0 Å². The number of halogens is 1. The van der Waals surface area contributed by atoms with E-state index in [-0.39, 0.29) is 0 Å². The van der Waals surface area contributed by atoms with Gasteiger partial charge in [-0.25, -0.2) is 0 Å². The van der Waals surface area contributed by atoms with E-state index in [0.717, 1.165) is 0 Å². The van der Waals surface area contributed by atoms with Gasteiger partial charge in [0.2, 0.25) is 13.6 Å². The van der Waals surface area contributed by atoms with E-state index in [4.69, 9.17) is 16.0 Å². The highest BCUT2D eigenvalue weighted by Crippen LogP contribution is 2.22. The molecule has 0 bridgehead atoms. The monoisotopic (exact) mass is 270 g/mol. The van der Waals surface area contributed by atoms with Crippen LogP contribution in [0.1, 0.15) is 11.5 Å². The van der Waals surface area contributed by atoms with Crippen LogP contribution in [0.2, 0.25) is 19.6 Å². The van der Waals surface area contributed by atoms with Crippen LogP contribution in [0, 0.1) is 0 Å². The molecule has 0 aliphatic carbocycles. The molecule has 0 aromatic heterocycles. The third kappa shape index (κ3) is 4.32. The Balaban J connectivity index is 2.96. The van der Waals surface area contributed by atoms with Crippen LogP contribution in [0.25, 0.3) is 0 Å². The molecule has 0 saturated heterocycles. The van der Waals surface area contributed by atoms with E-state index >= 15 is 0 Å². The van der Waals surface area contributed by atoms with Crippen LogP contribution in [0.4, 0.5) is 0 Å². The van der Waals surface area contributed by atoms with Gasteiger partial charge in [-0.2, -0.15) is 0 Å². The lowest BCUT2D eigenvalue weighted by Crippen LogP contribution is -2.33. The fraction of sp³-hybridized carbons (Fsp3) is 0.333. The summed E-state index contributed by atoms with van der Waals surface area (Å²) in [5, 5.41) is -0.709. The highest BCUT2D eigenvalue weighted by atomic mass is 35.5. The molecule has 0 aliphatic rings. The first-order valence-electron chi connectivity index (χ1n) is 5.28. The minimum absolute atomic E-state index is 0.560. The molecule has 17 heavy (non-hydrogen) atoms. The molecule has 1 atom stereocenters. The molecule has 0 spiro atoms. The number of hydrogen-bond donors (Lipinski definition) is 0. The normalized spacial score (nSPS) is 12.9. The quantitative estimate of drug-likeness (QED) is 0.480. The Morgan fingerprint density at radius 3 is 2.12 bits per heavy atom. The summed E-state index contributed by atoms with van der Waals surface area (Å²) in [5.74, 6) is -1.58. The lowest BCUT2D eigenvalue weighted by molar-refractivity contribution is -0.139. The highest BCUT2D eigenvalue weighted by molar-refractivity contribution is 6.72. The lowest BCUT2D eigenvalue weighted by atomic mass is 10.0. The predicted octanol–water partition coefficient (Wildman–Crippen LogP) is 2.91. The molecule has 3 nitrogen and oxygen atoms in total. The topological polar surface area (TPSA) is 43.4 Å². The maximum atomic E-state index is 11.9. The maximum Gasteiger partial charge on any atom is 0.309 e. The van der Waals surface area contributed by atoms with Crippen molar-refractivity contribution in [2.24, 2.45) is 0 Å². The number of carbonyl (C=O) groups excluding carboxylic acids is 2. The van der Waals surface area contributed by atoms with Gasteiger partial charge < -0.3 is 4.43 Å². The number of benzene rings is 1. The van der Waals surface area contributed by atoms with Crippen LogP contribution >= 0.6 is 11.6 Å². The molecule has 1 aromatic carbocycles. The molecule has 1 rings (SSSR count). The summed E-state index contributed by atoms with van der Waals surface area (Å²) < 4.78 is 5.31. The number of rotatable bonds is 4. The van der Waals surface area contributed by atoms with Crippen molar-refractivity contribution in [1.29, 1.82) is 0 Å². The third-order valence-corrected chi connectivity index (χ3v) is 3.03. The second-order valence-electron chi connectivity index (χ2n) is 4.68. The summed E-state index contributed by atoms with van der Waals surface area (Å²) in [7, 11) is -2.02. The second-order valence-corrected chi connectivity index (χ2v) is 9.48. The first-order valence-corrected chi connectivity index (χ1v) is 9.07. The van der Waals surface area contributed by atoms with E-state index in [1.807, 2.05) is 25.7 Å². The van der Waals surface area contributed by atoms with Crippen molar-refractivity contribution >= 4 is 31.1 Å². The smallest absolute Gasteiger partial charge is 0.309 e. The first kappa shape index (κ1) is 13.9. The van der Waals surface area contributed by atoms with E-state index in [2.05, 4.69) is 0 Å². The van der Waals surface area contributed by atoms with Crippen LogP contribution in [-0.2, 0) is 14.0 Å². The van der Waals surface area contributed by atoms with E-state index in [1.165, 1.54) is 0 Å². The molecule has 0 radical (unpaired) electrons. The average Bonchev–Trinajstić information content (AvgIpc) is 2.15. The van der Waals surface area contributed by atoms with Crippen molar-refractivity contribution in [3.05, 3.63) is 35.9 Å². The zero-order valence-corrected chi connectivity index (χ0v) is 11.8. The summed E-state index contributed by atoms with van der Waals surface area (Å²) in [6.07, 6.45) is 0. The molecule has 0 N–H and O–H groups in total. The van der Waals surface area contributed by atoms with Gasteiger partial charge in [0.15, 0.2) is 5.92 Å². The van der Waals surface area contributed by atoms with E-state index in [9.17, 15) is 9.59 Å². The molecular formula is C12H15ClO3Si. The minimum atomic E-state index is -2.02. The summed E-state index contributed by atoms with van der Waals surface area (Å²) in [6, 6.07) is 8.70. The molecule has 0 amide bonds. The Hall–Kier alpha value is -1.13. The van der Waals surface area contributed by atoms with E-state index in [0.29, 0.717) is 5.56 Å². The van der Waals surface area contributed by atoms with Crippen molar-refractivity contribution in [1.82, 2.24) is 0 Å². The molecular weight excluding hydrogens is 256 g/mol. The van der Waals surface area contributed by atoms with Crippen molar-refractivity contribution < 1.29 is 14.0 Å². The fourth-order valence-corrected chi connectivity index (χ4v) is 2.30. The van der Waals surface area contributed by atoms with Gasteiger partial charge in [0, 0.05) is 0 Å². The fourth-order valence-electron chi connectivity index (χ4n) is 1.37. The molecule has 1 unspecified atom stereocenters. The zero-order chi connectivity index (χ0) is 13.1. The molecule has 92 valence electrons. The SMILES string of the molecule is C[Si](C)(C)OC(=O)C(C(=O)Cl)c1ccccc1.